The van der Waals surface area contributed by atoms with Crippen LogP contribution in [0, 0.1) is 0 Å². The fourth-order valence-corrected chi connectivity index (χ4v) is 4.58. The van der Waals surface area contributed by atoms with Crippen LogP contribution in [-0.2, 0) is 19.3 Å². The average molecular weight is 431 g/mol. The van der Waals surface area contributed by atoms with Crippen LogP contribution < -0.4 is 0 Å². The van der Waals surface area contributed by atoms with E-state index in [4.69, 9.17) is 0 Å². The maximum Gasteiger partial charge on any atom is 0.336 e. The molecule has 3 aromatic rings. The maximum absolute atomic E-state index is 12.1. The molecule has 2 N–H and O–H groups in total. The number of hydrogen-bond acceptors (Lipinski definition) is 2. The van der Waals surface area contributed by atoms with E-state index in [9.17, 15) is 19.8 Å². The Morgan fingerprint density at radius 2 is 1.16 bits per heavy atom. The van der Waals surface area contributed by atoms with E-state index in [0.29, 0.717) is 11.1 Å². The second-order valence-corrected chi connectivity index (χ2v) is 7.98. The van der Waals surface area contributed by atoms with E-state index in [1.807, 2.05) is 24.3 Å². The van der Waals surface area contributed by atoms with Crippen molar-refractivity contribution in [2.24, 2.45) is 0 Å². The summed E-state index contributed by atoms with van der Waals surface area (Å²) in [6.07, 6.45) is 4.28. The SMILES string of the molecule is CCCc1cc(CCC)c(-c2ccccc2C(=O)O)c(-c2ccccc2C(=O)O)c1CC. The second kappa shape index (κ2) is 10.3. The number of aryl methyl sites for hydroxylation is 2. The number of benzene rings is 3. The summed E-state index contributed by atoms with van der Waals surface area (Å²) in [7, 11) is 0. The highest BCUT2D eigenvalue weighted by atomic mass is 16.4. The predicted molar refractivity (Wildman–Crippen MR) is 129 cm³/mol. The summed E-state index contributed by atoms with van der Waals surface area (Å²) >= 11 is 0. The van der Waals surface area contributed by atoms with E-state index in [1.165, 1.54) is 5.56 Å². The molecule has 3 aromatic carbocycles. The molecule has 0 spiro atoms. The first-order chi connectivity index (χ1) is 15.4. The van der Waals surface area contributed by atoms with Crippen LogP contribution in [0.5, 0.6) is 0 Å². The van der Waals surface area contributed by atoms with Gasteiger partial charge in [-0.25, -0.2) is 9.59 Å². The van der Waals surface area contributed by atoms with Gasteiger partial charge in [-0.2, -0.15) is 0 Å². The number of carboxylic acids is 2. The average Bonchev–Trinajstić information content (AvgIpc) is 2.79. The summed E-state index contributed by atoms with van der Waals surface area (Å²) in [4.78, 5) is 24.3. The lowest BCUT2D eigenvalue weighted by Crippen LogP contribution is -2.09. The van der Waals surface area contributed by atoms with Gasteiger partial charge < -0.3 is 10.2 Å². The maximum atomic E-state index is 12.1. The minimum Gasteiger partial charge on any atom is -0.478 e. The van der Waals surface area contributed by atoms with E-state index in [0.717, 1.165) is 54.4 Å². The van der Waals surface area contributed by atoms with Crippen molar-refractivity contribution in [1.82, 2.24) is 0 Å². The molecule has 0 unspecified atom stereocenters. The van der Waals surface area contributed by atoms with Gasteiger partial charge in [0.25, 0.3) is 0 Å². The lowest BCUT2D eigenvalue weighted by atomic mass is 9.79. The van der Waals surface area contributed by atoms with Gasteiger partial charge in [0.15, 0.2) is 0 Å². The van der Waals surface area contributed by atoms with Crippen molar-refractivity contribution >= 4 is 11.9 Å². The third-order valence-corrected chi connectivity index (χ3v) is 5.85. The first-order valence-electron chi connectivity index (χ1n) is 11.3. The Bertz CT molecular complexity index is 1140. The Balaban J connectivity index is 2.56. The first-order valence-corrected chi connectivity index (χ1v) is 11.3. The molecule has 4 nitrogen and oxygen atoms in total. The highest BCUT2D eigenvalue weighted by Crippen LogP contribution is 2.43. The Morgan fingerprint density at radius 3 is 1.62 bits per heavy atom. The molecule has 0 aliphatic heterocycles. The molecule has 0 aliphatic carbocycles. The topological polar surface area (TPSA) is 74.6 Å². The third-order valence-electron chi connectivity index (χ3n) is 5.85. The van der Waals surface area contributed by atoms with Crippen LogP contribution in [0.25, 0.3) is 22.3 Å². The van der Waals surface area contributed by atoms with Gasteiger partial charge in [-0.3, -0.25) is 0 Å². The number of carbonyl (C=O) groups is 2. The van der Waals surface area contributed by atoms with E-state index in [-0.39, 0.29) is 11.1 Å². The van der Waals surface area contributed by atoms with Crippen LogP contribution in [0.4, 0.5) is 0 Å². The largest absolute Gasteiger partial charge is 0.478 e. The quantitative estimate of drug-likeness (QED) is 0.388. The number of hydrogen-bond donors (Lipinski definition) is 2. The lowest BCUT2D eigenvalue weighted by Gasteiger charge is -2.24. The highest BCUT2D eigenvalue weighted by molar-refractivity contribution is 6.04. The first kappa shape index (κ1) is 23.3. The van der Waals surface area contributed by atoms with Gasteiger partial charge in [0.05, 0.1) is 11.1 Å². The molecule has 0 bridgehead atoms. The molecule has 0 heterocycles. The Kier molecular flexibility index (Phi) is 7.47. The van der Waals surface area contributed by atoms with Gasteiger partial charge in [-0.05, 0) is 70.3 Å². The van der Waals surface area contributed by atoms with Crippen LogP contribution in [0.15, 0.2) is 54.6 Å². The Labute approximate surface area is 189 Å². The Morgan fingerprint density at radius 1 is 0.688 bits per heavy atom. The van der Waals surface area contributed by atoms with E-state index in [2.05, 4.69) is 26.8 Å². The van der Waals surface area contributed by atoms with Crippen molar-refractivity contribution in [3.05, 3.63) is 82.4 Å². The fourth-order valence-electron chi connectivity index (χ4n) is 4.58. The van der Waals surface area contributed by atoms with Crippen molar-refractivity contribution in [3.8, 4) is 22.3 Å². The zero-order chi connectivity index (χ0) is 23.3. The van der Waals surface area contributed by atoms with Gasteiger partial charge >= 0.3 is 11.9 Å². The summed E-state index contributed by atoms with van der Waals surface area (Å²) in [5.74, 6) is -1.98. The molecule has 0 saturated carbocycles. The number of carboxylic acid groups (broad SMARTS) is 2. The summed E-state index contributed by atoms with van der Waals surface area (Å²) in [5.41, 5.74) is 6.80. The third kappa shape index (κ3) is 4.45. The van der Waals surface area contributed by atoms with Gasteiger partial charge in [0.2, 0.25) is 0 Å². The fraction of sp³-hybridized carbons (Fsp3) is 0.286. The zero-order valence-corrected chi connectivity index (χ0v) is 18.9. The molecule has 0 amide bonds. The number of aromatic carboxylic acids is 2. The predicted octanol–water partition coefficient (Wildman–Crippen LogP) is 6.88. The van der Waals surface area contributed by atoms with Crippen molar-refractivity contribution in [2.75, 3.05) is 0 Å². The van der Waals surface area contributed by atoms with Gasteiger partial charge in [0.1, 0.15) is 0 Å². The van der Waals surface area contributed by atoms with Crippen molar-refractivity contribution in [3.63, 3.8) is 0 Å². The molecule has 32 heavy (non-hydrogen) atoms. The lowest BCUT2D eigenvalue weighted by molar-refractivity contribution is 0.0686. The van der Waals surface area contributed by atoms with Crippen LogP contribution in [0.2, 0.25) is 0 Å². The molecule has 0 aromatic heterocycles. The molecule has 0 aliphatic rings. The van der Waals surface area contributed by atoms with Gasteiger partial charge in [-0.1, -0.05) is 76.1 Å². The minimum absolute atomic E-state index is 0.226. The van der Waals surface area contributed by atoms with Crippen LogP contribution >= 0.6 is 0 Å². The van der Waals surface area contributed by atoms with Crippen molar-refractivity contribution in [2.45, 2.75) is 52.9 Å². The summed E-state index contributed by atoms with van der Waals surface area (Å²) in [5, 5.41) is 19.9. The molecule has 0 saturated heterocycles. The Hall–Kier alpha value is -3.40. The smallest absolute Gasteiger partial charge is 0.336 e. The summed E-state index contributed by atoms with van der Waals surface area (Å²) in [6, 6.07) is 16.3. The van der Waals surface area contributed by atoms with Crippen LogP contribution in [0.3, 0.4) is 0 Å². The van der Waals surface area contributed by atoms with Crippen molar-refractivity contribution in [1.29, 1.82) is 0 Å². The van der Waals surface area contributed by atoms with E-state index < -0.39 is 11.9 Å². The molecule has 0 radical (unpaired) electrons. The van der Waals surface area contributed by atoms with E-state index in [1.54, 1.807) is 24.3 Å². The van der Waals surface area contributed by atoms with Crippen LogP contribution in [-0.4, -0.2) is 22.2 Å². The minimum atomic E-state index is -0.990. The molecule has 3 rings (SSSR count). The van der Waals surface area contributed by atoms with Gasteiger partial charge in [0, 0.05) is 0 Å². The monoisotopic (exact) mass is 430 g/mol. The molecule has 0 atom stereocenters. The number of rotatable bonds is 9. The molecular weight excluding hydrogens is 400 g/mol. The van der Waals surface area contributed by atoms with Gasteiger partial charge in [-0.15, -0.1) is 0 Å². The second-order valence-electron chi connectivity index (χ2n) is 7.98. The van der Waals surface area contributed by atoms with Crippen LogP contribution in [0.1, 0.15) is 71.0 Å². The highest BCUT2D eigenvalue weighted by Gasteiger charge is 2.25. The molecule has 0 fully saturated rings. The van der Waals surface area contributed by atoms with Crippen molar-refractivity contribution < 1.29 is 19.8 Å². The normalized spacial score (nSPS) is 10.8. The summed E-state index contributed by atoms with van der Waals surface area (Å²) in [6.45, 7) is 6.32. The molecular formula is C28H30O4. The van der Waals surface area contributed by atoms with E-state index >= 15 is 0 Å². The zero-order valence-electron chi connectivity index (χ0n) is 18.9. The standard InChI is InChI=1S/C28H30O4/c1-4-11-18-17-19(12-5-2)25(21-13-7-9-15-23(21)27(29)30)26(20(18)6-3)22-14-8-10-16-24(22)28(31)32/h7-10,13-17H,4-6,11-12H2,1-3H3,(H,29,30)(H,31,32). The summed E-state index contributed by atoms with van der Waals surface area (Å²) < 4.78 is 0. The molecule has 166 valence electrons. The molecule has 4 heteroatoms.